The molecule has 0 aromatic heterocycles. The van der Waals surface area contributed by atoms with Crippen molar-refractivity contribution < 1.29 is 5.11 Å². The fourth-order valence-corrected chi connectivity index (χ4v) is 0.863. The molecule has 0 aliphatic carbocycles. The fourth-order valence-electron chi connectivity index (χ4n) is 0.863. The van der Waals surface area contributed by atoms with Gasteiger partial charge >= 0.3 is 0 Å². The Labute approximate surface area is 69.2 Å². The molecule has 0 saturated carbocycles. The second-order valence-corrected chi connectivity index (χ2v) is 3.66. The highest BCUT2D eigenvalue weighted by Crippen LogP contribution is 2.12. The first kappa shape index (κ1) is 10.9. The van der Waals surface area contributed by atoms with Crippen LogP contribution in [0.15, 0.2) is 0 Å². The molecule has 0 radical (unpaired) electrons. The van der Waals surface area contributed by atoms with Gasteiger partial charge in [0.1, 0.15) is 0 Å². The van der Waals surface area contributed by atoms with Gasteiger partial charge in [0, 0.05) is 18.1 Å². The number of likely N-dealkylation sites (N-methyl/N-ethyl adjacent to an activating group) is 1. The van der Waals surface area contributed by atoms with Crippen LogP contribution in [0.3, 0.4) is 0 Å². The van der Waals surface area contributed by atoms with Crippen LogP contribution in [0.2, 0.25) is 0 Å². The molecule has 0 aliphatic heterocycles. The van der Waals surface area contributed by atoms with Gasteiger partial charge in [-0.3, -0.25) is 4.90 Å². The number of nitrogens with two attached hydrogens (primary N) is 1. The summed E-state index contributed by atoms with van der Waals surface area (Å²) in [6.45, 7) is 6.91. The second-order valence-electron chi connectivity index (χ2n) is 3.66. The summed E-state index contributed by atoms with van der Waals surface area (Å²) >= 11 is 0. The van der Waals surface area contributed by atoms with Crippen LogP contribution in [0.1, 0.15) is 20.8 Å². The Morgan fingerprint density at radius 3 is 2.27 bits per heavy atom. The average molecular weight is 160 g/mol. The zero-order chi connectivity index (χ0) is 9.07. The smallest absolute Gasteiger partial charge is 0.0584 e. The third kappa shape index (κ3) is 2.77. The molecule has 1 unspecified atom stereocenters. The minimum absolute atomic E-state index is 0.0256. The largest absolute Gasteiger partial charge is 0.395 e. The Balaban J connectivity index is 4.10. The third-order valence-corrected chi connectivity index (χ3v) is 2.38. The topological polar surface area (TPSA) is 49.5 Å². The van der Waals surface area contributed by atoms with Crippen molar-refractivity contribution in [3.05, 3.63) is 0 Å². The molecule has 0 aromatic carbocycles. The molecule has 0 saturated heterocycles. The van der Waals surface area contributed by atoms with Crippen molar-refractivity contribution in [3.8, 4) is 0 Å². The van der Waals surface area contributed by atoms with Gasteiger partial charge in [-0.1, -0.05) is 0 Å². The van der Waals surface area contributed by atoms with E-state index in [1.54, 1.807) is 0 Å². The van der Waals surface area contributed by atoms with Gasteiger partial charge in [-0.25, -0.2) is 0 Å². The van der Waals surface area contributed by atoms with Crippen molar-refractivity contribution in [2.24, 2.45) is 5.73 Å². The number of hydrogen-bond acceptors (Lipinski definition) is 3. The van der Waals surface area contributed by atoms with Gasteiger partial charge < -0.3 is 10.8 Å². The van der Waals surface area contributed by atoms with Crippen molar-refractivity contribution >= 4 is 0 Å². The number of nitrogens with zero attached hydrogens (tertiary/aromatic N) is 1. The summed E-state index contributed by atoms with van der Waals surface area (Å²) in [5, 5.41) is 8.88. The number of rotatable bonds is 4. The molecule has 3 N–H and O–H groups in total. The van der Waals surface area contributed by atoms with Gasteiger partial charge in [-0.15, -0.1) is 0 Å². The number of hydrogen-bond donors (Lipinski definition) is 2. The number of aliphatic hydroxyl groups is 1. The molecule has 11 heavy (non-hydrogen) atoms. The molecule has 0 fully saturated rings. The van der Waals surface area contributed by atoms with E-state index >= 15 is 0 Å². The molecule has 3 heteroatoms. The van der Waals surface area contributed by atoms with Crippen LogP contribution in [0.25, 0.3) is 0 Å². The monoisotopic (exact) mass is 160 g/mol. The molecule has 1 atom stereocenters. The van der Waals surface area contributed by atoms with E-state index in [1.807, 2.05) is 14.0 Å². The van der Waals surface area contributed by atoms with Crippen LogP contribution in [0, 0.1) is 0 Å². The lowest BCUT2D eigenvalue weighted by molar-refractivity contribution is 0.0761. The number of aliphatic hydroxyl groups excluding tert-OH is 1. The quantitative estimate of drug-likeness (QED) is 0.610. The van der Waals surface area contributed by atoms with Crippen LogP contribution in [0.5, 0.6) is 0 Å². The maximum atomic E-state index is 8.88. The first-order valence-corrected chi connectivity index (χ1v) is 3.99. The van der Waals surface area contributed by atoms with Crippen molar-refractivity contribution in [2.75, 3.05) is 20.2 Å². The zero-order valence-electron chi connectivity index (χ0n) is 7.96. The Morgan fingerprint density at radius 1 is 1.55 bits per heavy atom. The van der Waals surface area contributed by atoms with Crippen LogP contribution < -0.4 is 5.73 Å². The Morgan fingerprint density at radius 2 is 2.00 bits per heavy atom. The molecule has 0 bridgehead atoms. The van der Waals surface area contributed by atoms with Crippen molar-refractivity contribution in [2.45, 2.75) is 32.4 Å². The average Bonchev–Trinajstić information content (AvgIpc) is 2.01. The fraction of sp³-hybridized carbons (Fsp3) is 1.00. The summed E-state index contributed by atoms with van der Waals surface area (Å²) in [5.41, 5.74) is 5.55. The lowest BCUT2D eigenvalue weighted by Crippen LogP contribution is -2.52. The minimum atomic E-state index is -0.0256. The summed E-state index contributed by atoms with van der Waals surface area (Å²) < 4.78 is 0. The standard InChI is InChI=1S/C8H20N2O/c1-7(5-11)10(4)8(2,3)6-9/h7,11H,5-6,9H2,1-4H3. The van der Waals surface area contributed by atoms with Gasteiger partial charge in [0.05, 0.1) is 6.61 Å². The molecule has 3 nitrogen and oxygen atoms in total. The lowest BCUT2D eigenvalue weighted by Gasteiger charge is -2.38. The predicted molar refractivity (Wildman–Crippen MR) is 47.4 cm³/mol. The molecule has 0 amide bonds. The Hall–Kier alpha value is -0.120. The molecule has 0 heterocycles. The van der Waals surface area contributed by atoms with E-state index in [0.29, 0.717) is 6.54 Å². The summed E-state index contributed by atoms with van der Waals surface area (Å²) in [6, 6.07) is 0.175. The van der Waals surface area contributed by atoms with E-state index in [2.05, 4.69) is 18.7 Å². The van der Waals surface area contributed by atoms with E-state index in [-0.39, 0.29) is 18.2 Å². The molecular weight excluding hydrogens is 140 g/mol. The van der Waals surface area contributed by atoms with Crippen LogP contribution in [0.4, 0.5) is 0 Å². The van der Waals surface area contributed by atoms with Crippen molar-refractivity contribution in [1.82, 2.24) is 4.90 Å². The highest BCUT2D eigenvalue weighted by Gasteiger charge is 2.24. The SMILES string of the molecule is CC(CO)N(C)C(C)(C)CN. The first-order chi connectivity index (χ1) is 4.95. The maximum absolute atomic E-state index is 8.88. The van der Waals surface area contributed by atoms with Gasteiger partial charge in [0.2, 0.25) is 0 Å². The van der Waals surface area contributed by atoms with Gasteiger partial charge in [0.25, 0.3) is 0 Å². The summed E-state index contributed by atoms with van der Waals surface area (Å²) in [4.78, 5) is 2.09. The summed E-state index contributed by atoms with van der Waals surface area (Å²) in [5.74, 6) is 0. The highest BCUT2D eigenvalue weighted by atomic mass is 16.3. The van der Waals surface area contributed by atoms with E-state index in [1.165, 1.54) is 0 Å². The van der Waals surface area contributed by atoms with Crippen molar-refractivity contribution in [1.29, 1.82) is 0 Å². The highest BCUT2D eigenvalue weighted by molar-refractivity contribution is 4.82. The van der Waals surface area contributed by atoms with Crippen LogP contribution in [-0.4, -0.2) is 41.8 Å². The predicted octanol–water partition coefficient (Wildman–Crippen LogP) is 0.0363. The van der Waals surface area contributed by atoms with Gasteiger partial charge in [-0.05, 0) is 27.8 Å². The van der Waals surface area contributed by atoms with E-state index in [9.17, 15) is 0 Å². The van der Waals surface area contributed by atoms with E-state index in [0.717, 1.165) is 0 Å². The molecular formula is C8H20N2O. The second kappa shape index (κ2) is 4.04. The van der Waals surface area contributed by atoms with Gasteiger partial charge in [-0.2, -0.15) is 0 Å². The first-order valence-electron chi connectivity index (χ1n) is 3.99. The minimum Gasteiger partial charge on any atom is -0.395 e. The normalized spacial score (nSPS) is 15.5. The zero-order valence-corrected chi connectivity index (χ0v) is 7.96. The molecule has 0 aliphatic rings. The Kier molecular flexibility index (Phi) is 4.00. The van der Waals surface area contributed by atoms with Crippen LogP contribution >= 0.6 is 0 Å². The third-order valence-electron chi connectivity index (χ3n) is 2.38. The molecule has 0 spiro atoms. The van der Waals surface area contributed by atoms with E-state index < -0.39 is 0 Å². The van der Waals surface area contributed by atoms with Gasteiger partial charge in [0.15, 0.2) is 0 Å². The van der Waals surface area contributed by atoms with Crippen LogP contribution in [-0.2, 0) is 0 Å². The molecule has 0 rings (SSSR count). The maximum Gasteiger partial charge on any atom is 0.0584 e. The van der Waals surface area contributed by atoms with Crippen molar-refractivity contribution in [3.63, 3.8) is 0 Å². The summed E-state index contributed by atoms with van der Waals surface area (Å²) in [7, 11) is 1.98. The lowest BCUT2D eigenvalue weighted by atomic mass is 10.0. The Bertz CT molecular complexity index is 115. The summed E-state index contributed by atoms with van der Waals surface area (Å²) in [6.07, 6.45) is 0. The molecule has 0 aromatic rings. The van der Waals surface area contributed by atoms with E-state index in [4.69, 9.17) is 10.8 Å². The molecule has 68 valence electrons.